The lowest BCUT2D eigenvalue weighted by atomic mass is 10.1. The van der Waals surface area contributed by atoms with Crippen LogP contribution < -0.4 is 10.6 Å². The summed E-state index contributed by atoms with van der Waals surface area (Å²) in [7, 11) is 0. The molecule has 0 saturated carbocycles. The van der Waals surface area contributed by atoms with Crippen LogP contribution in [0, 0.1) is 13.8 Å². The summed E-state index contributed by atoms with van der Waals surface area (Å²) in [6, 6.07) is 3.06. The number of carbonyl (C=O) groups is 2. The third kappa shape index (κ3) is 4.33. The summed E-state index contributed by atoms with van der Waals surface area (Å²) < 4.78 is 1.79. The number of anilines is 1. The monoisotopic (exact) mass is 370 g/mol. The molecule has 8 nitrogen and oxygen atoms in total. The van der Waals surface area contributed by atoms with Crippen LogP contribution in [0.4, 0.5) is 5.69 Å². The summed E-state index contributed by atoms with van der Waals surface area (Å²) in [6.07, 6.45) is 4.34. The van der Waals surface area contributed by atoms with Crippen LogP contribution in [0.1, 0.15) is 35.1 Å². The Morgan fingerprint density at radius 3 is 2.85 bits per heavy atom. The lowest BCUT2D eigenvalue weighted by molar-refractivity contribution is -0.121. The summed E-state index contributed by atoms with van der Waals surface area (Å²) in [4.78, 5) is 31.7. The highest BCUT2D eigenvalue weighted by Crippen LogP contribution is 2.16. The molecule has 2 aromatic heterocycles. The number of piperazine rings is 1. The Morgan fingerprint density at radius 1 is 1.33 bits per heavy atom. The highest BCUT2D eigenvalue weighted by atomic mass is 16.2. The van der Waals surface area contributed by atoms with Crippen molar-refractivity contribution in [2.45, 2.75) is 39.8 Å². The summed E-state index contributed by atoms with van der Waals surface area (Å²) in [5, 5.41) is 10.5. The van der Waals surface area contributed by atoms with Crippen LogP contribution in [0.25, 0.3) is 0 Å². The van der Waals surface area contributed by atoms with Crippen LogP contribution in [0.2, 0.25) is 0 Å². The Hall–Kier alpha value is -2.74. The van der Waals surface area contributed by atoms with Crippen molar-refractivity contribution in [3.63, 3.8) is 0 Å². The topological polar surface area (TPSA) is 92.2 Å². The molecule has 0 bridgehead atoms. The van der Waals surface area contributed by atoms with Gasteiger partial charge in [0.1, 0.15) is 6.04 Å². The van der Waals surface area contributed by atoms with Crippen LogP contribution in [0.3, 0.4) is 0 Å². The molecule has 1 fully saturated rings. The van der Waals surface area contributed by atoms with Gasteiger partial charge in [-0.05, 0) is 32.4 Å². The first-order valence-corrected chi connectivity index (χ1v) is 9.29. The summed E-state index contributed by atoms with van der Waals surface area (Å²) in [5.41, 5.74) is 2.74. The lowest BCUT2D eigenvalue weighted by Gasteiger charge is -2.35. The Kier molecular flexibility index (Phi) is 5.85. The van der Waals surface area contributed by atoms with Crippen molar-refractivity contribution >= 4 is 17.5 Å². The van der Waals surface area contributed by atoms with Crippen molar-refractivity contribution in [1.29, 1.82) is 0 Å². The number of aromatic nitrogens is 3. The molecular formula is C19H26N6O2. The van der Waals surface area contributed by atoms with Crippen molar-refractivity contribution < 1.29 is 9.59 Å². The number of nitrogens with zero attached hydrogens (tertiary/aromatic N) is 4. The standard InChI is InChI=1S/C19H26N6O2/c1-4-8-24-12-16(14(3)23-24)19(27)25-9-7-20-11-17(25)18(26)22-15-6-5-13(2)21-10-15/h5-6,10,12,17,20H,4,7-9,11H2,1-3H3,(H,22,26)/t17-/m1/s1. The molecule has 1 atom stereocenters. The normalized spacial score (nSPS) is 17.0. The maximum absolute atomic E-state index is 13.1. The van der Waals surface area contributed by atoms with E-state index in [0.29, 0.717) is 36.6 Å². The SMILES string of the molecule is CCCn1cc(C(=O)N2CCNC[C@@H]2C(=O)Nc2ccc(C)nc2)c(C)n1. The van der Waals surface area contributed by atoms with Crippen molar-refractivity contribution in [3.8, 4) is 0 Å². The molecule has 8 heteroatoms. The molecule has 3 heterocycles. The number of hydrogen-bond donors (Lipinski definition) is 2. The van der Waals surface area contributed by atoms with E-state index in [1.807, 2.05) is 26.0 Å². The van der Waals surface area contributed by atoms with Gasteiger partial charge in [0, 0.05) is 38.1 Å². The molecule has 0 radical (unpaired) electrons. The van der Waals surface area contributed by atoms with Crippen LogP contribution in [-0.4, -0.2) is 57.2 Å². The number of amides is 2. The molecule has 144 valence electrons. The predicted octanol–water partition coefficient (Wildman–Crippen LogP) is 1.36. The number of carbonyl (C=O) groups excluding carboxylic acids is 2. The van der Waals surface area contributed by atoms with E-state index in [0.717, 1.165) is 18.7 Å². The molecule has 0 spiro atoms. The van der Waals surface area contributed by atoms with Gasteiger partial charge in [0.25, 0.3) is 5.91 Å². The first-order chi connectivity index (χ1) is 13.0. The fourth-order valence-electron chi connectivity index (χ4n) is 3.18. The van der Waals surface area contributed by atoms with Crippen molar-refractivity contribution in [3.05, 3.63) is 41.5 Å². The van der Waals surface area contributed by atoms with E-state index in [-0.39, 0.29) is 11.8 Å². The number of aryl methyl sites for hydroxylation is 3. The fourth-order valence-corrected chi connectivity index (χ4v) is 3.18. The molecule has 1 aliphatic rings. The van der Waals surface area contributed by atoms with E-state index in [4.69, 9.17) is 0 Å². The van der Waals surface area contributed by atoms with Gasteiger partial charge < -0.3 is 15.5 Å². The zero-order valence-corrected chi connectivity index (χ0v) is 16.0. The van der Waals surface area contributed by atoms with Crippen LogP contribution >= 0.6 is 0 Å². The van der Waals surface area contributed by atoms with Gasteiger partial charge in [-0.1, -0.05) is 6.92 Å². The van der Waals surface area contributed by atoms with E-state index in [1.165, 1.54) is 0 Å². The third-order valence-corrected chi connectivity index (χ3v) is 4.62. The molecule has 1 aliphatic heterocycles. The van der Waals surface area contributed by atoms with Crippen molar-refractivity contribution in [1.82, 2.24) is 25.0 Å². The average Bonchev–Trinajstić information content (AvgIpc) is 3.03. The van der Waals surface area contributed by atoms with E-state index < -0.39 is 6.04 Å². The zero-order chi connectivity index (χ0) is 19.4. The Morgan fingerprint density at radius 2 is 2.15 bits per heavy atom. The Labute approximate surface area is 159 Å². The minimum absolute atomic E-state index is 0.154. The minimum atomic E-state index is -0.582. The van der Waals surface area contributed by atoms with Gasteiger partial charge in [-0.25, -0.2) is 0 Å². The number of hydrogen-bond acceptors (Lipinski definition) is 5. The van der Waals surface area contributed by atoms with E-state index in [9.17, 15) is 9.59 Å². The molecule has 3 rings (SSSR count). The second-order valence-corrected chi connectivity index (χ2v) is 6.79. The molecule has 0 aromatic carbocycles. The van der Waals surface area contributed by atoms with Gasteiger partial charge in [0.15, 0.2) is 0 Å². The molecule has 2 N–H and O–H groups in total. The smallest absolute Gasteiger partial charge is 0.258 e. The molecule has 27 heavy (non-hydrogen) atoms. The zero-order valence-electron chi connectivity index (χ0n) is 16.0. The first kappa shape index (κ1) is 19.0. The largest absolute Gasteiger partial charge is 0.324 e. The molecule has 1 saturated heterocycles. The first-order valence-electron chi connectivity index (χ1n) is 9.29. The summed E-state index contributed by atoms with van der Waals surface area (Å²) >= 11 is 0. The van der Waals surface area contributed by atoms with Crippen molar-refractivity contribution in [2.75, 3.05) is 25.0 Å². The van der Waals surface area contributed by atoms with Gasteiger partial charge in [-0.2, -0.15) is 5.10 Å². The quantitative estimate of drug-likeness (QED) is 0.829. The van der Waals surface area contributed by atoms with E-state index in [1.54, 1.807) is 22.0 Å². The molecule has 0 aliphatic carbocycles. The highest BCUT2D eigenvalue weighted by molar-refractivity contribution is 6.01. The van der Waals surface area contributed by atoms with Gasteiger partial charge in [-0.3, -0.25) is 19.3 Å². The summed E-state index contributed by atoms with van der Waals surface area (Å²) in [6.45, 7) is 8.09. The second kappa shape index (κ2) is 8.30. The van der Waals surface area contributed by atoms with Crippen molar-refractivity contribution in [2.24, 2.45) is 0 Å². The van der Waals surface area contributed by atoms with Crippen LogP contribution in [-0.2, 0) is 11.3 Å². The van der Waals surface area contributed by atoms with Crippen LogP contribution in [0.15, 0.2) is 24.5 Å². The third-order valence-electron chi connectivity index (χ3n) is 4.62. The Bertz CT molecular complexity index is 814. The second-order valence-electron chi connectivity index (χ2n) is 6.79. The lowest BCUT2D eigenvalue weighted by Crippen LogP contribution is -2.58. The number of pyridine rings is 1. The highest BCUT2D eigenvalue weighted by Gasteiger charge is 2.34. The fraction of sp³-hybridized carbons (Fsp3) is 0.474. The van der Waals surface area contributed by atoms with Gasteiger partial charge >= 0.3 is 0 Å². The van der Waals surface area contributed by atoms with E-state index in [2.05, 4.69) is 27.6 Å². The van der Waals surface area contributed by atoms with Gasteiger partial charge in [-0.15, -0.1) is 0 Å². The molecule has 2 aromatic rings. The minimum Gasteiger partial charge on any atom is -0.324 e. The number of rotatable bonds is 5. The van der Waals surface area contributed by atoms with Gasteiger partial charge in [0.05, 0.1) is 23.1 Å². The Balaban J connectivity index is 1.77. The maximum atomic E-state index is 13.1. The van der Waals surface area contributed by atoms with Crippen LogP contribution in [0.5, 0.6) is 0 Å². The van der Waals surface area contributed by atoms with E-state index >= 15 is 0 Å². The van der Waals surface area contributed by atoms with Gasteiger partial charge in [0.2, 0.25) is 5.91 Å². The molecule has 2 amide bonds. The summed E-state index contributed by atoms with van der Waals surface area (Å²) in [5.74, 6) is -0.377. The average molecular weight is 370 g/mol. The maximum Gasteiger partial charge on any atom is 0.258 e. The predicted molar refractivity (Wildman–Crippen MR) is 103 cm³/mol. The number of nitrogens with one attached hydrogen (secondary N) is 2. The molecule has 0 unspecified atom stereocenters. The molecular weight excluding hydrogens is 344 g/mol.